The van der Waals surface area contributed by atoms with Gasteiger partial charge in [-0.1, -0.05) is 13.8 Å². The zero-order valence-electron chi connectivity index (χ0n) is 13.6. The summed E-state index contributed by atoms with van der Waals surface area (Å²) in [6, 6.07) is 7.03. The van der Waals surface area contributed by atoms with Crippen molar-refractivity contribution in [2.45, 2.75) is 45.1 Å². The van der Waals surface area contributed by atoms with Gasteiger partial charge in [-0.25, -0.2) is 0 Å². The average molecular weight is 286 g/mol. The highest BCUT2D eigenvalue weighted by atomic mass is 16.5. The number of ether oxygens (including phenoxy) is 1. The summed E-state index contributed by atoms with van der Waals surface area (Å²) in [6.07, 6.45) is 3.77. The monoisotopic (exact) mass is 286 g/mol. The van der Waals surface area contributed by atoms with E-state index >= 15 is 0 Å². The van der Waals surface area contributed by atoms with Crippen molar-refractivity contribution in [2.75, 3.05) is 20.7 Å². The van der Waals surface area contributed by atoms with Gasteiger partial charge in [-0.3, -0.25) is 0 Å². The fraction of sp³-hybridized carbons (Fsp3) is 0.556. The van der Waals surface area contributed by atoms with Crippen LogP contribution in [-0.4, -0.2) is 36.6 Å². The molecule has 3 rings (SSSR count). The number of fused-ring (bicyclic) bond motifs is 1. The lowest BCUT2D eigenvalue weighted by Gasteiger charge is -2.20. The van der Waals surface area contributed by atoms with E-state index in [2.05, 4.69) is 42.9 Å². The molecule has 2 aromatic rings. The largest absolute Gasteiger partial charge is 0.497 e. The third-order valence-corrected chi connectivity index (χ3v) is 4.83. The van der Waals surface area contributed by atoms with Gasteiger partial charge in [0.25, 0.3) is 0 Å². The van der Waals surface area contributed by atoms with Gasteiger partial charge < -0.3 is 14.6 Å². The molecule has 1 aromatic heterocycles. The van der Waals surface area contributed by atoms with Crippen LogP contribution in [0, 0.1) is 0 Å². The van der Waals surface area contributed by atoms with E-state index in [4.69, 9.17) is 4.74 Å². The molecule has 0 spiro atoms. The molecule has 21 heavy (non-hydrogen) atoms. The number of hydrogen-bond donors (Lipinski definition) is 1. The number of aromatic amines is 1. The van der Waals surface area contributed by atoms with Crippen LogP contribution in [0.5, 0.6) is 5.75 Å². The molecule has 1 atom stereocenters. The van der Waals surface area contributed by atoms with Crippen molar-refractivity contribution < 1.29 is 4.74 Å². The van der Waals surface area contributed by atoms with Crippen molar-refractivity contribution in [3.8, 4) is 5.75 Å². The van der Waals surface area contributed by atoms with E-state index in [9.17, 15) is 0 Å². The van der Waals surface area contributed by atoms with Gasteiger partial charge in [-0.05, 0) is 62.5 Å². The van der Waals surface area contributed by atoms with Gasteiger partial charge in [0, 0.05) is 22.6 Å². The fourth-order valence-corrected chi connectivity index (χ4v) is 3.56. The summed E-state index contributed by atoms with van der Waals surface area (Å²) in [7, 11) is 3.99. The Kier molecular flexibility index (Phi) is 3.94. The zero-order valence-corrected chi connectivity index (χ0v) is 13.6. The van der Waals surface area contributed by atoms with Crippen LogP contribution in [0.15, 0.2) is 18.2 Å². The first-order valence-electron chi connectivity index (χ1n) is 7.99. The zero-order chi connectivity index (χ0) is 15.0. The Morgan fingerprint density at radius 2 is 2.19 bits per heavy atom. The molecule has 114 valence electrons. The number of nitrogens with zero attached hydrogens (tertiary/aromatic N) is 1. The lowest BCUT2D eigenvalue weighted by molar-refractivity contribution is 0.309. The number of likely N-dealkylation sites (tertiary alicyclic amines) is 1. The number of nitrogens with one attached hydrogen (secondary N) is 1. The number of H-pyrrole nitrogens is 1. The maximum absolute atomic E-state index is 5.41. The molecule has 3 heteroatoms. The van der Waals surface area contributed by atoms with Crippen molar-refractivity contribution in [3.63, 3.8) is 0 Å². The van der Waals surface area contributed by atoms with Crippen LogP contribution in [0.3, 0.4) is 0 Å². The van der Waals surface area contributed by atoms with Crippen LogP contribution >= 0.6 is 0 Å². The van der Waals surface area contributed by atoms with E-state index < -0.39 is 0 Å². The Hall–Kier alpha value is -1.48. The van der Waals surface area contributed by atoms with Gasteiger partial charge in [0.2, 0.25) is 0 Å². The molecule has 3 nitrogen and oxygen atoms in total. The van der Waals surface area contributed by atoms with E-state index in [1.165, 1.54) is 41.5 Å². The van der Waals surface area contributed by atoms with Crippen LogP contribution in [0.2, 0.25) is 0 Å². The summed E-state index contributed by atoms with van der Waals surface area (Å²) in [5.74, 6) is 1.46. The third kappa shape index (κ3) is 2.67. The Balaban J connectivity index is 2.05. The lowest BCUT2D eigenvalue weighted by atomic mass is 9.96. The van der Waals surface area contributed by atoms with Gasteiger partial charge in [0.05, 0.1) is 7.11 Å². The predicted octanol–water partition coefficient (Wildman–Crippen LogP) is 3.94. The SMILES string of the molecule is COc1ccc2[nH]c(C(C)C)c(C[C@H]3CCCN3C)c2c1. The minimum Gasteiger partial charge on any atom is -0.497 e. The molecule has 1 aliphatic heterocycles. The molecular formula is C18H26N2O. The maximum atomic E-state index is 5.41. The molecule has 1 fully saturated rings. The summed E-state index contributed by atoms with van der Waals surface area (Å²) < 4.78 is 5.41. The molecule has 0 unspecified atom stereocenters. The number of likely N-dealkylation sites (N-methyl/N-ethyl adjacent to an activating group) is 1. The van der Waals surface area contributed by atoms with Crippen LogP contribution < -0.4 is 4.74 Å². The molecule has 0 aliphatic carbocycles. The molecule has 0 bridgehead atoms. The number of benzene rings is 1. The normalized spacial score (nSPS) is 19.8. The van der Waals surface area contributed by atoms with Crippen molar-refractivity contribution in [2.24, 2.45) is 0 Å². The topological polar surface area (TPSA) is 28.3 Å². The highest BCUT2D eigenvalue weighted by Crippen LogP contribution is 2.33. The Morgan fingerprint density at radius 1 is 1.38 bits per heavy atom. The number of aromatic nitrogens is 1. The van der Waals surface area contributed by atoms with Crippen LogP contribution in [0.4, 0.5) is 0 Å². The molecule has 1 N–H and O–H groups in total. The highest BCUT2D eigenvalue weighted by Gasteiger charge is 2.24. The number of methoxy groups -OCH3 is 1. The van der Waals surface area contributed by atoms with Gasteiger partial charge in [0.15, 0.2) is 0 Å². The van der Waals surface area contributed by atoms with Crippen LogP contribution in [0.25, 0.3) is 10.9 Å². The molecule has 1 saturated heterocycles. The summed E-state index contributed by atoms with van der Waals surface area (Å²) in [4.78, 5) is 6.13. The van der Waals surface area contributed by atoms with Gasteiger partial charge in [-0.2, -0.15) is 0 Å². The second-order valence-corrected chi connectivity index (χ2v) is 6.56. The standard InChI is InChI=1S/C18H26N2O/c1-12(2)18-16(10-13-6-5-9-20(13)3)15-11-14(21-4)7-8-17(15)19-18/h7-8,11-13,19H,5-6,9-10H2,1-4H3/t13-/m1/s1. The molecule has 2 heterocycles. The average Bonchev–Trinajstić information content (AvgIpc) is 3.03. The van der Waals surface area contributed by atoms with Crippen molar-refractivity contribution >= 4 is 10.9 Å². The molecular weight excluding hydrogens is 260 g/mol. The van der Waals surface area contributed by atoms with E-state index in [0.29, 0.717) is 12.0 Å². The molecule has 0 amide bonds. The first kappa shape index (κ1) is 14.5. The summed E-state index contributed by atoms with van der Waals surface area (Å²) in [5, 5.41) is 1.33. The number of hydrogen-bond acceptors (Lipinski definition) is 2. The van der Waals surface area contributed by atoms with E-state index in [-0.39, 0.29) is 0 Å². The summed E-state index contributed by atoms with van der Waals surface area (Å²) in [5.41, 5.74) is 4.10. The maximum Gasteiger partial charge on any atom is 0.119 e. The van der Waals surface area contributed by atoms with Crippen LogP contribution in [0.1, 0.15) is 43.9 Å². The highest BCUT2D eigenvalue weighted by molar-refractivity contribution is 5.86. The van der Waals surface area contributed by atoms with Gasteiger partial charge in [0.1, 0.15) is 5.75 Å². The first-order valence-corrected chi connectivity index (χ1v) is 7.99. The van der Waals surface area contributed by atoms with Crippen LogP contribution in [-0.2, 0) is 6.42 Å². The van der Waals surface area contributed by atoms with Crippen molar-refractivity contribution in [1.29, 1.82) is 0 Å². The second-order valence-electron chi connectivity index (χ2n) is 6.56. The predicted molar refractivity (Wildman–Crippen MR) is 88.3 cm³/mol. The van der Waals surface area contributed by atoms with Gasteiger partial charge in [-0.15, -0.1) is 0 Å². The molecule has 1 aliphatic rings. The van der Waals surface area contributed by atoms with Crippen molar-refractivity contribution in [3.05, 3.63) is 29.5 Å². The minimum absolute atomic E-state index is 0.519. The Labute approximate surface area is 127 Å². The van der Waals surface area contributed by atoms with Gasteiger partial charge >= 0.3 is 0 Å². The first-order chi connectivity index (χ1) is 10.1. The molecule has 1 aromatic carbocycles. The van der Waals surface area contributed by atoms with Crippen molar-refractivity contribution in [1.82, 2.24) is 9.88 Å². The minimum atomic E-state index is 0.519. The van der Waals surface area contributed by atoms with E-state index in [1.54, 1.807) is 7.11 Å². The van der Waals surface area contributed by atoms with E-state index in [0.717, 1.165) is 12.2 Å². The molecule has 0 saturated carbocycles. The lowest BCUT2D eigenvalue weighted by Crippen LogP contribution is -2.27. The summed E-state index contributed by atoms with van der Waals surface area (Å²) in [6.45, 7) is 5.76. The summed E-state index contributed by atoms with van der Waals surface area (Å²) >= 11 is 0. The third-order valence-electron chi connectivity index (χ3n) is 4.83. The molecule has 0 radical (unpaired) electrons. The second kappa shape index (κ2) is 5.72. The fourth-order valence-electron chi connectivity index (χ4n) is 3.56. The smallest absolute Gasteiger partial charge is 0.119 e. The Bertz CT molecular complexity index is 629. The van der Waals surface area contributed by atoms with E-state index in [1.807, 2.05) is 6.07 Å². The Morgan fingerprint density at radius 3 is 2.81 bits per heavy atom. The number of rotatable bonds is 4. The quantitative estimate of drug-likeness (QED) is 0.922.